The van der Waals surface area contributed by atoms with E-state index in [4.69, 9.17) is 0 Å². The second-order valence-electron chi connectivity index (χ2n) is 6.66. The molecule has 0 saturated heterocycles. The van der Waals surface area contributed by atoms with Crippen molar-refractivity contribution in [2.75, 3.05) is 13.1 Å². The summed E-state index contributed by atoms with van der Waals surface area (Å²) in [7, 11) is 0. The van der Waals surface area contributed by atoms with Gasteiger partial charge in [0.15, 0.2) is 17.3 Å². The zero-order chi connectivity index (χ0) is 19.2. The van der Waals surface area contributed by atoms with E-state index in [0.717, 1.165) is 0 Å². The molecule has 2 rings (SSSR count). The number of phenolic OH excluding ortho intramolecular Hbond substituents is 2. The molecular weight excluding hydrogens is 334 g/mol. The molecule has 1 aromatic carbocycles. The summed E-state index contributed by atoms with van der Waals surface area (Å²) in [5, 5.41) is 24.6. The summed E-state index contributed by atoms with van der Waals surface area (Å²) < 4.78 is 0. The lowest BCUT2D eigenvalue weighted by atomic mass is 10.0. The fraction of sp³-hybridized carbons (Fsp3) is 0.316. The fourth-order valence-corrected chi connectivity index (χ4v) is 2.42. The van der Waals surface area contributed by atoms with Gasteiger partial charge in [-0.15, -0.1) is 0 Å². The Bertz CT molecular complexity index is 776. The quantitative estimate of drug-likeness (QED) is 0.420. The third kappa shape index (κ3) is 5.86. The normalized spacial score (nSPS) is 11.2. The van der Waals surface area contributed by atoms with Gasteiger partial charge in [0.05, 0.1) is 13.0 Å². The number of nitrogens with zero attached hydrogens (tertiary/aromatic N) is 1. The molecule has 138 valence electrons. The Kier molecular flexibility index (Phi) is 6.30. The van der Waals surface area contributed by atoms with Gasteiger partial charge in [0.1, 0.15) is 0 Å². The minimum Gasteiger partial charge on any atom is -0.504 e. The number of Topliss-reactive ketones (excluding diaryl/α,β-unsaturated/α-hetero) is 1. The van der Waals surface area contributed by atoms with E-state index >= 15 is 0 Å². The molecule has 1 amide bonds. The fourth-order valence-electron chi connectivity index (χ4n) is 2.42. The Morgan fingerprint density at radius 1 is 1.12 bits per heavy atom. The molecule has 0 radical (unpaired) electrons. The molecule has 7 heteroatoms. The first-order valence-corrected chi connectivity index (χ1v) is 8.24. The lowest BCUT2D eigenvalue weighted by Gasteiger charge is -2.26. The SMILES string of the molecule is CC(C)(CNCC(=O)c1ccc(O)c(O)c1)NC(=O)Cc1ccccn1. The predicted octanol–water partition coefficient (Wildman–Crippen LogP) is 1.40. The molecule has 0 aliphatic heterocycles. The van der Waals surface area contributed by atoms with Crippen molar-refractivity contribution in [1.29, 1.82) is 0 Å². The van der Waals surface area contributed by atoms with E-state index in [2.05, 4.69) is 15.6 Å². The summed E-state index contributed by atoms with van der Waals surface area (Å²) in [6.45, 7) is 4.14. The number of aromatic hydroxyl groups is 2. The molecule has 0 spiro atoms. The number of hydrogen-bond donors (Lipinski definition) is 4. The second-order valence-corrected chi connectivity index (χ2v) is 6.66. The average molecular weight is 357 g/mol. The smallest absolute Gasteiger partial charge is 0.226 e. The summed E-state index contributed by atoms with van der Waals surface area (Å²) in [4.78, 5) is 28.3. The first-order valence-electron chi connectivity index (χ1n) is 8.24. The first kappa shape index (κ1) is 19.4. The maximum Gasteiger partial charge on any atom is 0.226 e. The summed E-state index contributed by atoms with van der Waals surface area (Å²) in [5.41, 5.74) is 0.435. The number of benzene rings is 1. The highest BCUT2D eigenvalue weighted by Crippen LogP contribution is 2.24. The molecule has 4 N–H and O–H groups in total. The standard InChI is InChI=1S/C19H23N3O4/c1-19(2,22-18(26)10-14-5-3-4-8-21-14)12-20-11-17(25)13-6-7-15(23)16(24)9-13/h3-9,20,23-24H,10-12H2,1-2H3,(H,22,26). The van der Waals surface area contributed by atoms with Crippen LogP contribution in [0.25, 0.3) is 0 Å². The zero-order valence-corrected chi connectivity index (χ0v) is 14.8. The molecule has 0 aliphatic rings. The van der Waals surface area contributed by atoms with Crippen molar-refractivity contribution in [2.45, 2.75) is 25.8 Å². The molecule has 2 aromatic rings. The van der Waals surface area contributed by atoms with E-state index in [1.807, 2.05) is 19.9 Å². The Morgan fingerprint density at radius 2 is 1.88 bits per heavy atom. The number of carbonyl (C=O) groups excluding carboxylic acids is 2. The van der Waals surface area contributed by atoms with Gasteiger partial charge in [0.25, 0.3) is 0 Å². The molecule has 26 heavy (non-hydrogen) atoms. The largest absolute Gasteiger partial charge is 0.504 e. The third-order valence-electron chi connectivity index (χ3n) is 3.70. The summed E-state index contributed by atoms with van der Waals surface area (Å²) in [6.07, 6.45) is 1.83. The molecule has 0 unspecified atom stereocenters. The van der Waals surface area contributed by atoms with Crippen LogP contribution in [0.5, 0.6) is 11.5 Å². The lowest BCUT2D eigenvalue weighted by molar-refractivity contribution is -0.122. The van der Waals surface area contributed by atoms with Crippen LogP contribution in [0.1, 0.15) is 29.9 Å². The average Bonchev–Trinajstić information content (AvgIpc) is 2.57. The van der Waals surface area contributed by atoms with Crippen LogP contribution >= 0.6 is 0 Å². The van der Waals surface area contributed by atoms with Gasteiger partial charge in [-0.1, -0.05) is 6.07 Å². The molecule has 0 atom stereocenters. The molecule has 1 aromatic heterocycles. The van der Waals surface area contributed by atoms with E-state index in [1.54, 1.807) is 18.3 Å². The highest BCUT2D eigenvalue weighted by Gasteiger charge is 2.21. The molecule has 0 saturated carbocycles. The van der Waals surface area contributed by atoms with Gasteiger partial charge < -0.3 is 20.8 Å². The highest BCUT2D eigenvalue weighted by atomic mass is 16.3. The van der Waals surface area contributed by atoms with Crippen molar-refractivity contribution < 1.29 is 19.8 Å². The minimum atomic E-state index is -0.552. The molecule has 0 bridgehead atoms. The minimum absolute atomic E-state index is 0.0454. The van der Waals surface area contributed by atoms with Crippen LogP contribution in [0.15, 0.2) is 42.6 Å². The Morgan fingerprint density at radius 3 is 2.54 bits per heavy atom. The number of amides is 1. The van der Waals surface area contributed by atoms with Crippen LogP contribution in [0.2, 0.25) is 0 Å². The van der Waals surface area contributed by atoms with Crippen LogP contribution in [0.4, 0.5) is 0 Å². The van der Waals surface area contributed by atoms with Gasteiger partial charge in [-0.25, -0.2) is 0 Å². The zero-order valence-electron chi connectivity index (χ0n) is 14.8. The van der Waals surface area contributed by atoms with Crippen LogP contribution in [-0.4, -0.2) is 45.5 Å². The summed E-state index contributed by atoms with van der Waals surface area (Å²) >= 11 is 0. The molecular formula is C19H23N3O4. The van der Waals surface area contributed by atoms with Crippen LogP contribution in [0, 0.1) is 0 Å². The van der Waals surface area contributed by atoms with Crippen LogP contribution in [-0.2, 0) is 11.2 Å². The number of hydrogen-bond acceptors (Lipinski definition) is 6. The van der Waals surface area contributed by atoms with Gasteiger partial charge in [0.2, 0.25) is 5.91 Å². The Balaban J connectivity index is 1.80. The number of carbonyl (C=O) groups is 2. The second kappa shape index (κ2) is 8.44. The molecule has 7 nitrogen and oxygen atoms in total. The number of ketones is 1. The van der Waals surface area contributed by atoms with E-state index in [-0.39, 0.29) is 36.2 Å². The van der Waals surface area contributed by atoms with Crippen molar-refractivity contribution in [2.24, 2.45) is 0 Å². The summed E-state index contributed by atoms with van der Waals surface area (Å²) in [5.74, 6) is -0.981. The first-order chi connectivity index (χ1) is 12.3. The van der Waals surface area contributed by atoms with Crippen molar-refractivity contribution in [1.82, 2.24) is 15.6 Å². The van der Waals surface area contributed by atoms with Gasteiger partial charge in [-0.2, -0.15) is 0 Å². The van der Waals surface area contributed by atoms with Gasteiger partial charge in [0, 0.05) is 29.5 Å². The predicted molar refractivity (Wildman–Crippen MR) is 97.1 cm³/mol. The molecule has 0 fully saturated rings. The number of pyridine rings is 1. The number of rotatable bonds is 8. The molecule has 1 heterocycles. The van der Waals surface area contributed by atoms with E-state index in [9.17, 15) is 19.8 Å². The van der Waals surface area contributed by atoms with Gasteiger partial charge in [-0.05, 0) is 44.2 Å². The number of phenols is 2. The Hall–Kier alpha value is -2.93. The van der Waals surface area contributed by atoms with Crippen LogP contribution in [0.3, 0.4) is 0 Å². The Labute approximate surface area is 152 Å². The van der Waals surface area contributed by atoms with Crippen molar-refractivity contribution >= 4 is 11.7 Å². The number of aromatic nitrogens is 1. The van der Waals surface area contributed by atoms with Crippen molar-refractivity contribution in [3.8, 4) is 11.5 Å². The monoisotopic (exact) mass is 357 g/mol. The maximum absolute atomic E-state index is 12.1. The van der Waals surface area contributed by atoms with E-state index in [0.29, 0.717) is 17.8 Å². The lowest BCUT2D eigenvalue weighted by Crippen LogP contribution is -2.51. The topological polar surface area (TPSA) is 112 Å². The highest BCUT2D eigenvalue weighted by molar-refractivity contribution is 5.98. The van der Waals surface area contributed by atoms with Crippen molar-refractivity contribution in [3.63, 3.8) is 0 Å². The van der Waals surface area contributed by atoms with E-state index in [1.165, 1.54) is 18.2 Å². The summed E-state index contributed by atoms with van der Waals surface area (Å²) in [6, 6.07) is 9.34. The maximum atomic E-state index is 12.1. The van der Waals surface area contributed by atoms with Crippen molar-refractivity contribution in [3.05, 3.63) is 53.9 Å². The van der Waals surface area contributed by atoms with Gasteiger partial charge >= 0.3 is 0 Å². The number of nitrogens with one attached hydrogen (secondary N) is 2. The molecule has 0 aliphatic carbocycles. The van der Waals surface area contributed by atoms with E-state index < -0.39 is 5.54 Å². The van der Waals surface area contributed by atoms with Crippen LogP contribution < -0.4 is 10.6 Å². The third-order valence-corrected chi connectivity index (χ3v) is 3.70. The van der Waals surface area contributed by atoms with Gasteiger partial charge in [-0.3, -0.25) is 14.6 Å².